The monoisotopic (exact) mass is 286 g/mol. The Labute approximate surface area is 115 Å². The van der Waals surface area contributed by atoms with Crippen molar-refractivity contribution in [2.75, 3.05) is 32.1 Å². The Hall–Kier alpha value is -1.19. The summed E-state index contributed by atoms with van der Waals surface area (Å²) in [6.07, 6.45) is 0.455. The number of morpholine rings is 1. The van der Waals surface area contributed by atoms with Gasteiger partial charge in [0.2, 0.25) is 11.1 Å². The van der Waals surface area contributed by atoms with Crippen LogP contribution in [0.25, 0.3) is 0 Å². The number of rotatable bonds is 6. The summed E-state index contributed by atoms with van der Waals surface area (Å²) in [5.74, 6) is 0.786. The Morgan fingerprint density at radius 3 is 3.26 bits per heavy atom. The van der Waals surface area contributed by atoms with Gasteiger partial charge < -0.3 is 15.4 Å². The van der Waals surface area contributed by atoms with Crippen LogP contribution in [-0.4, -0.2) is 64.2 Å². The third kappa shape index (κ3) is 4.77. The summed E-state index contributed by atoms with van der Waals surface area (Å²) in [6, 6.07) is 0.129. The van der Waals surface area contributed by atoms with Crippen molar-refractivity contribution in [2.45, 2.75) is 17.6 Å². The molecule has 0 saturated carbocycles. The lowest BCUT2D eigenvalue weighted by atomic mass is 10.2. The standard InChI is InChI=1S/C10H18N6O2S/c1-16-10(13-14-15-16)19-5-3-12-9(17)6-8-7-18-4-2-11-8/h8,11H,2-7H2,1H3,(H,12,17)/t8-/m0/s1. The first kappa shape index (κ1) is 14.2. The van der Waals surface area contributed by atoms with E-state index in [-0.39, 0.29) is 11.9 Å². The van der Waals surface area contributed by atoms with Gasteiger partial charge in [-0.1, -0.05) is 11.8 Å². The summed E-state index contributed by atoms with van der Waals surface area (Å²) in [5, 5.41) is 18.0. The van der Waals surface area contributed by atoms with Crippen molar-refractivity contribution in [3.8, 4) is 0 Å². The number of carbonyl (C=O) groups excluding carboxylic acids is 1. The summed E-state index contributed by atoms with van der Waals surface area (Å²) < 4.78 is 6.91. The van der Waals surface area contributed by atoms with Gasteiger partial charge in [-0.15, -0.1) is 5.10 Å². The molecule has 2 N–H and O–H groups in total. The van der Waals surface area contributed by atoms with Gasteiger partial charge in [-0.3, -0.25) is 4.79 Å². The molecule has 0 bridgehead atoms. The molecule has 1 amide bonds. The highest BCUT2D eigenvalue weighted by molar-refractivity contribution is 7.99. The first-order chi connectivity index (χ1) is 9.25. The van der Waals surface area contributed by atoms with E-state index in [1.165, 1.54) is 11.8 Å². The van der Waals surface area contributed by atoms with Gasteiger partial charge in [0, 0.05) is 38.4 Å². The first-order valence-corrected chi connectivity index (χ1v) is 7.17. The fourth-order valence-corrected chi connectivity index (χ4v) is 2.43. The highest BCUT2D eigenvalue weighted by Gasteiger charge is 2.16. The molecule has 1 saturated heterocycles. The predicted molar refractivity (Wildman–Crippen MR) is 69.8 cm³/mol. The van der Waals surface area contributed by atoms with Crippen molar-refractivity contribution in [3.05, 3.63) is 0 Å². The maximum Gasteiger partial charge on any atom is 0.221 e. The molecule has 19 heavy (non-hydrogen) atoms. The molecular weight excluding hydrogens is 268 g/mol. The van der Waals surface area contributed by atoms with E-state index in [0.717, 1.165) is 24.1 Å². The lowest BCUT2D eigenvalue weighted by Gasteiger charge is -2.23. The molecule has 106 valence electrons. The van der Waals surface area contributed by atoms with Gasteiger partial charge in [0.1, 0.15) is 0 Å². The van der Waals surface area contributed by atoms with Crippen molar-refractivity contribution in [2.24, 2.45) is 7.05 Å². The van der Waals surface area contributed by atoms with Crippen molar-refractivity contribution in [1.29, 1.82) is 0 Å². The predicted octanol–water partition coefficient (Wildman–Crippen LogP) is -1.20. The maximum atomic E-state index is 11.7. The van der Waals surface area contributed by atoms with Crippen LogP contribution >= 0.6 is 11.8 Å². The molecule has 0 aliphatic carbocycles. The van der Waals surface area contributed by atoms with E-state index < -0.39 is 0 Å². The van der Waals surface area contributed by atoms with E-state index in [1.54, 1.807) is 11.7 Å². The summed E-state index contributed by atoms with van der Waals surface area (Å²) in [7, 11) is 1.79. The smallest absolute Gasteiger partial charge is 0.221 e. The molecular formula is C10H18N6O2S. The number of nitrogens with zero attached hydrogens (tertiary/aromatic N) is 4. The normalized spacial score (nSPS) is 19.3. The highest BCUT2D eigenvalue weighted by atomic mass is 32.2. The number of amides is 1. The minimum absolute atomic E-state index is 0.0414. The number of aromatic nitrogens is 4. The van der Waals surface area contributed by atoms with Crippen LogP contribution in [0.1, 0.15) is 6.42 Å². The maximum absolute atomic E-state index is 11.7. The number of hydrogen-bond donors (Lipinski definition) is 2. The van der Waals surface area contributed by atoms with Crippen LogP contribution in [0.15, 0.2) is 5.16 Å². The van der Waals surface area contributed by atoms with E-state index >= 15 is 0 Å². The van der Waals surface area contributed by atoms with Crippen LogP contribution in [0, 0.1) is 0 Å². The average Bonchev–Trinajstić information content (AvgIpc) is 2.81. The quantitative estimate of drug-likeness (QED) is 0.501. The minimum Gasteiger partial charge on any atom is -0.378 e. The number of hydrogen-bond acceptors (Lipinski definition) is 7. The van der Waals surface area contributed by atoms with Gasteiger partial charge in [0.25, 0.3) is 0 Å². The second kappa shape index (κ2) is 7.41. The first-order valence-electron chi connectivity index (χ1n) is 6.18. The number of aryl methyl sites for hydroxylation is 1. The molecule has 2 rings (SSSR count). The van der Waals surface area contributed by atoms with Crippen LogP contribution in [0.3, 0.4) is 0 Å². The van der Waals surface area contributed by atoms with Crippen molar-refractivity contribution in [3.63, 3.8) is 0 Å². The molecule has 9 heteroatoms. The zero-order valence-electron chi connectivity index (χ0n) is 10.8. The molecule has 1 aromatic rings. The van der Waals surface area contributed by atoms with Gasteiger partial charge in [0.15, 0.2) is 0 Å². The van der Waals surface area contributed by atoms with Crippen LogP contribution in [0.4, 0.5) is 0 Å². The largest absolute Gasteiger partial charge is 0.378 e. The Kier molecular flexibility index (Phi) is 5.55. The Morgan fingerprint density at radius 1 is 1.68 bits per heavy atom. The van der Waals surface area contributed by atoms with Crippen molar-refractivity contribution in [1.82, 2.24) is 30.8 Å². The summed E-state index contributed by atoms with van der Waals surface area (Å²) >= 11 is 1.51. The SMILES string of the molecule is Cn1nnnc1SCCNC(=O)C[C@H]1COCCN1. The lowest BCUT2D eigenvalue weighted by molar-refractivity contribution is -0.122. The van der Waals surface area contributed by atoms with Gasteiger partial charge >= 0.3 is 0 Å². The Bertz CT molecular complexity index is 406. The minimum atomic E-state index is 0.0414. The van der Waals surface area contributed by atoms with Crippen LogP contribution in [-0.2, 0) is 16.6 Å². The molecule has 0 unspecified atom stereocenters. The molecule has 0 spiro atoms. The van der Waals surface area contributed by atoms with Gasteiger partial charge in [0.05, 0.1) is 13.2 Å². The fourth-order valence-electron chi connectivity index (χ4n) is 1.72. The highest BCUT2D eigenvalue weighted by Crippen LogP contribution is 2.10. The topological polar surface area (TPSA) is 94.0 Å². The molecule has 1 aliphatic rings. The van der Waals surface area contributed by atoms with Gasteiger partial charge in [-0.05, 0) is 10.4 Å². The zero-order chi connectivity index (χ0) is 13.5. The van der Waals surface area contributed by atoms with Crippen LogP contribution in [0.5, 0.6) is 0 Å². The van der Waals surface area contributed by atoms with E-state index in [1.807, 2.05) is 0 Å². The zero-order valence-corrected chi connectivity index (χ0v) is 11.7. The third-order valence-electron chi connectivity index (χ3n) is 2.67. The van der Waals surface area contributed by atoms with E-state index in [2.05, 4.69) is 26.2 Å². The van der Waals surface area contributed by atoms with Crippen molar-refractivity contribution < 1.29 is 9.53 Å². The number of tetrazole rings is 1. The van der Waals surface area contributed by atoms with E-state index in [9.17, 15) is 4.79 Å². The number of carbonyl (C=O) groups is 1. The molecule has 0 radical (unpaired) electrons. The van der Waals surface area contributed by atoms with Crippen LogP contribution in [0.2, 0.25) is 0 Å². The Balaban J connectivity index is 1.57. The molecule has 1 aromatic heterocycles. The summed E-state index contributed by atoms with van der Waals surface area (Å²) in [6.45, 7) is 2.74. The van der Waals surface area contributed by atoms with Gasteiger partial charge in [-0.2, -0.15) is 0 Å². The molecule has 2 heterocycles. The van der Waals surface area contributed by atoms with Crippen LogP contribution < -0.4 is 10.6 Å². The molecule has 8 nitrogen and oxygen atoms in total. The van der Waals surface area contributed by atoms with Gasteiger partial charge in [-0.25, -0.2) is 4.68 Å². The molecule has 1 fully saturated rings. The second-order valence-corrected chi connectivity index (χ2v) is 5.28. The number of ether oxygens (including phenoxy) is 1. The third-order valence-corrected chi connectivity index (χ3v) is 3.68. The van der Waals surface area contributed by atoms with E-state index in [4.69, 9.17) is 4.74 Å². The average molecular weight is 286 g/mol. The van der Waals surface area contributed by atoms with E-state index in [0.29, 0.717) is 19.6 Å². The van der Waals surface area contributed by atoms with Crippen molar-refractivity contribution >= 4 is 17.7 Å². The second-order valence-electron chi connectivity index (χ2n) is 4.21. The summed E-state index contributed by atoms with van der Waals surface area (Å²) in [5.41, 5.74) is 0. The fraction of sp³-hybridized carbons (Fsp3) is 0.800. The molecule has 1 atom stereocenters. The lowest BCUT2D eigenvalue weighted by Crippen LogP contribution is -2.44. The number of nitrogens with one attached hydrogen (secondary N) is 2. The number of thioether (sulfide) groups is 1. The molecule has 0 aromatic carbocycles. The Morgan fingerprint density at radius 2 is 2.58 bits per heavy atom. The molecule has 1 aliphatic heterocycles. The summed E-state index contributed by atoms with van der Waals surface area (Å²) in [4.78, 5) is 11.7.